The summed E-state index contributed by atoms with van der Waals surface area (Å²) in [4.78, 5) is 0. The van der Waals surface area contributed by atoms with Crippen LogP contribution in [0.4, 0.5) is 4.39 Å². The molecule has 3 heteroatoms. The van der Waals surface area contributed by atoms with E-state index in [4.69, 9.17) is 11.6 Å². The minimum atomic E-state index is -1.24. The van der Waals surface area contributed by atoms with Gasteiger partial charge in [0.25, 0.3) is 0 Å². The SMILES string of the molecule is CC(O)(Cc1ccc(Cl)cc1)c1ccccc1F. The van der Waals surface area contributed by atoms with Crippen LogP contribution < -0.4 is 0 Å². The second-order valence-electron chi connectivity index (χ2n) is 4.56. The number of hydrogen-bond acceptors (Lipinski definition) is 1. The van der Waals surface area contributed by atoms with Crippen LogP contribution in [-0.4, -0.2) is 5.11 Å². The molecule has 2 aromatic carbocycles. The Morgan fingerprint density at radius 2 is 1.72 bits per heavy atom. The quantitative estimate of drug-likeness (QED) is 0.891. The molecule has 0 fully saturated rings. The van der Waals surface area contributed by atoms with Crippen molar-refractivity contribution in [3.8, 4) is 0 Å². The van der Waals surface area contributed by atoms with E-state index in [0.717, 1.165) is 5.56 Å². The number of benzene rings is 2. The third-order valence-corrected chi connectivity index (χ3v) is 3.17. The highest BCUT2D eigenvalue weighted by Gasteiger charge is 2.26. The highest BCUT2D eigenvalue weighted by atomic mass is 35.5. The molecule has 0 heterocycles. The monoisotopic (exact) mass is 264 g/mol. The third-order valence-electron chi connectivity index (χ3n) is 2.92. The van der Waals surface area contributed by atoms with E-state index in [1.54, 1.807) is 37.3 Å². The minimum Gasteiger partial charge on any atom is -0.385 e. The first-order valence-electron chi connectivity index (χ1n) is 5.71. The van der Waals surface area contributed by atoms with Gasteiger partial charge in [0.05, 0.1) is 5.60 Å². The van der Waals surface area contributed by atoms with Crippen LogP contribution in [0.2, 0.25) is 5.02 Å². The molecule has 0 spiro atoms. The third kappa shape index (κ3) is 2.89. The minimum absolute atomic E-state index is 0.306. The lowest BCUT2D eigenvalue weighted by molar-refractivity contribution is 0.0538. The van der Waals surface area contributed by atoms with Crippen molar-refractivity contribution < 1.29 is 9.50 Å². The summed E-state index contributed by atoms with van der Waals surface area (Å²) in [5, 5.41) is 11.1. The summed E-state index contributed by atoms with van der Waals surface area (Å²) in [6, 6.07) is 13.5. The van der Waals surface area contributed by atoms with Crippen molar-refractivity contribution in [2.75, 3.05) is 0 Å². The Morgan fingerprint density at radius 1 is 1.11 bits per heavy atom. The van der Waals surface area contributed by atoms with Crippen LogP contribution in [0.25, 0.3) is 0 Å². The van der Waals surface area contributed by atoms with Crippen LogP contribution in [0.5, 0.6) is 0 Å². The number of aliphatic hydroxyl groups is 1. The second kappa shape index (κ2) is 5.09. The molecule has 94 valence electrons. The van der Waals surface area contributed by atoms with Crippen molar-refractivity contribution in [2.24, 2.45) is 0 Å². The standard InChI is InChI=1S/C15H14ClFO/c1-15(18,13-4-2-3-5-14(13)17)10-11-6-8-12(16)9-7-11/h2-9,18H,10H2,1H3. The number of rotatable bonds is 3. The van der Waals surface area contributed by atoms with Crippen molar-refractivity contribution in [3.63, 3.8) is 0 Å². The van der Waals surface area contributed by atoms with E-state index in [2.05, 4.69) is 0 Å². The maximum absolute atomic E-state index is 13.7. The molecule has 0 saturated carbocycles. The molecule has 1 unspecified atom stereocenters. The zero-order valence-electron chi connectivity index (χ0n) is 10.0. The Bertz CT molecular complexity index is 534. The lowest BCUT2D eigenvalue weighted by atomic mass is 9.89. The predicted octanol–water partition coefficient (Wildman–Crippen LogP) is 3.93. The van der Waals surface area contributed by atoms with Gasteiger partial charge in [-0.1, -0.05) is 41.9 Å². The summed E-state index contributed by atoms with van der Waals surface area (Å²) in [5.74, 6) is -0.392. The molecular weight excluding hydrogens is 251 g/mol. The fraction of sp³-hybridized carbons (Fsp3) is 0.200. The van der Waals surface area contributed by atoms with E-state index in [1.807, 2.05) is 12.1 Å². The smallest absolute Gasteiger partial charge is 0.129 e. The molecular formula is C15H14ClFO. The second-order valence-corrected chi connectivity index (χ2v) is 4.99. The van der Waals surface area contributed by atoms with Crippen LogP contribution in [0.1, 0.15) is 18.1 Å². The van der Waals surface area contributed by atoms with Gasteiger partial charge in [0, 0.05) is 17.0 Å². The number of hydrogen-bond donors (Lipinski definition) is 1. The average Bonchev–Trinajstić information content (AvgIpc) is 2.32. The van der Waals surface area contributed by atoms with Gasteiger partial charge in [-0.2, -0.15) is 0 Å². The topological polar surface area (TPSA) is 20.2 Å². The van der Waals surface area contributed by atoms with Crippen molar-refractivity contribution in [3.05, 3.63) is 70.5 Å². The zero-order valence-corrected chi connectivity index (χ0v) is 10.8. The highest BCUT2D eigenvalue weighted by Crippen LogP contribution is 2.27. The Labute approximate surface area is 111 Å². The molecule has 0 aromatic heterocycles. The molecule has 0 radical (unpaired) electrons. The Kier molecular flexibility index (Phi) is 3.69. The Morgan fingerprint density at radius 3 is 2.33 bits per heavy atom. The van der Waals surface area contributed by atoms with Crippen LogP contribution in [0, 0.1) is 5.82 Å². The van der Waals surface area contributed by atoms with E-state index in [1.165, 1.54) is 6.07 Å². The first-order chi connectivity index (χ1) is 8.49. The van der Waals surface area contributed by atoms with E-state index in [9.17, 15) is 9.50 Å². The van der Waals surface area contributed by atoms with Crippen molar-refractivity contribution in [1.82, 2.24) is 0 Å². The van der Waals surface area contributed by atoms with E-state index < -0.39 is 11.4 Å². The van der Waals surface area contributed by atoms with E-state index >= 15 is 0 Å². The van der Waals surface area contributed by atoms with Gasteiger partial charge < -0.3 is 5.11 Å². The fourth-order valence-corrected chi connectivity index (χ4v) is 2.12. The van der Waals surface area contributed by atoms with Gasteiger partial charge in [0.1, 0.15) is 5.82 Å². The largest absolute Gasteiger partial charge is 0.385 e. The van der Waals surface area contributed by atoms with Crippen LogP contribution in [-0.2, 0) is 12.0 Å². The van der Waals surface area contributed by atoms with Crippen LogP contribution in [0.3, 0.4) is 0 Å². The summed E-state index contributed by atoms with van der Waals surface area (Å²) in [6.45, 7) is 1.61. The van der Waals surface area contributed by atoms with Crippen LogP contribution >= 0.6 is 11.6 Å². The molecule has 0 amide bonds. The molecule has 0 aliphatic carbocycles. The predicted molar refractivity (Wildman–Crippen MR) is 71.1 cm³/mol. The van der Waals surface area contributed by atoms with Crippen molar-refractivity contribution >= 4 is 11.6 Å². The Balaban J connectivity index is 2.27. The lowest BCUT2D eigenvalue weighted by Crippen LogP contribution is -2.25. The van der Waals surface area contributed by atoms with Gasteiger partial charge in [0.15, 0.2) is 0 Å². The molecule has 0 aliphatic heterocycles. The summed E-state index contributed by atoms with van der Waals surface area (Å²) in [7, 11) is 0. The summed E-state index contributed by atoms with van der Waals surface area (Å²) in [5.41, 5.74) is -0.0216. The van der Waals surface area contributed by atoms with E-state index in [0.29, 0.717) is 17.0 Å². The first kappa shape index (κ1) is 13.1. The Hall–Kier alpha value is -1.38. The van der Waals surface area contributed by atoms with Gasteiger partial charge in [-0.3, -0.25) is 0 Å². The molecule has 18 heavy (non-hydrogen) atoms. The van der Waals surface area contributed by atoms with Gasteiger partial charge >= 0.3 is 0 Å². The maximum atomic E-state index is 13.7. The first-order valence-corrected chi connectivity index (χ1v) is 6.09. The molecule has 0 saturated heterocycles. The van der Waals surface area contributed by atoms with Crippen molar-refractivity contribution in [1.29, 1.82) is 0 Å². The van der Waals surface area contributed by atoms with Crippen molar-refractivity contribution in [2.45, 2.75) is 18.9 Å². The zero-order chi connectivity index (χ0) is 13.2. The molecule has 2 aromatic rings. The normalized spacial score (nSPS) is 14.2. The van der Waals surface area contributed by atoms with Gasteiger partial charge in [-0.15, -0.1) is 0 Å². The highest BCUT2D eigenvalue weighted by molar-refractivity contribution is 6.30. The summed E-state index contributed by atoms with van der Waals surface area (Å²) >= 11 is 5.80. The number of halogens is 2. The van der Waals surface area contributed by atoms with Gasteiger partial charge in [-0.25, -0.2) is 4.39 Å². The van der Waals surface area contributed by atoms with Gasteiger partial charge in [0.2, 0.25) is 0 Å². The van der Waals surface area contributed by atoms with Crippen LogP contribution in [0.15, 0.2) is 48.5 Å². The molecule has 1 atom stereocenters. The van der Waals surface area contributed by atoms with E-state index in [-0.39, 0.29) is 0 Å². The lowest BCUT2D eigenvalue weighted by Gasteiger charge is -2.24. The molecule has 2 rings (SSSR count). The summed E-state index contributed by atoms with van der Waals surface area (Å²) < 4.78 is 13.7. The molecule has 0 bridgehead atoms. The maximum Gasteiger partial charge on any atom is 0.129 e. The fourth-order valence-electron chi connectivity index (χ4n) is 1.99. The molecule has 1 N–H and O–H groups in total. The summed E-state index contributed by atoms with van der Waals surface area (Å²) in [6.07, 6.45) is 0.338. The van der Waals surface area contributed by atoms with Gasteiger partial charge in [-0.05, 0) is 30.7 Å². The average molecular weight is 265 g/mol. The molecule has 1 nitrogen and oxygen atoms in total. The molecule has 0 aliphatic rings.